The van der Waals surface area contributed by atoms with E-state index in [1.165, 1.54) is 19.3 Å². The van der Waals surface area contributed by atoms with Gasteiger partial charge in [0, 0.05) is 18.5 Å². The van der Waals surface area contributed by atoms with Crippen LogP contribution in [0.25, 0.3) is 0 Å². The molecule has 0 bridgehead atoms. The molecule has 1 aromatic heterocycles. The van der Waals surface area contributed by atoms with E-state index in [0.29, 0.717) is 0 Å². The molecule has 1 heterocycles. The third kappa shape index (κ3) is 2.18. The van der Waals surface area contributed by atoms with Crippen LogP contribution in [0.4, 0.5) is 0 Å². The number of rotatable bonds is 2. The molecule has 0 atom stereocenters. The smallest absolute Gasteiger partial charge is 0.235 e. The van der Waals surface area contributed by atoms with Gasteiger partial charge in [0.1, 0.15) is 5.82 Å². The van der Waals surface area contributed by atoms with Crippen molar-refractivity contribution in [2.24, 2.45) is 5.92 Å². The maximum absolute atomic E-state index is 12.3. The fraction of sp³-hybridized carbons (Fsp3) is 0.692. The molecule has 0 saturated heterocycles. The maximum atomic E-state index is 12.3. The van der Waals surface area contributed by atoms with Crippen LogP contribution in [0.3, 0.4) is 0 Å². The molecule has 0 N–H and O–H groups in total. The third-order valence-electron chi connectivity index (χ3n) is 3.41. The zero-order chi connectivity index (χ0) is 11.5. The Bertz CT molecular complexity index is 375. The number of hydrogen-bond acceptors (Lipinski definition) is 2. The van der Waals surface area contributed by atoms with Gasteiger partial charge >= 0.3 is 0 Å². The molecule has 0 amide bonds. The molecule has 1 aromatic rings. The Morgan fingerprint density at radius 3 is 2.75 bits per heavy atom. The second-order valence-electron chi connectivity index (χ2n) is 4.70. The Balaban J connectivity index is 2.18. The summed E-state index contributed by atoms with van der Waals surface area (Å²) in [5.41, 5.74) is 0.945. The molecule has 0 radical (unpaired) electrons. The number of aromatic nitrogens is 2. The zero-order valence-corrected chi connectivity index (χ0v) is 10.2. The van der Waals surface area contributed by atoms with Gasteiger partial charge in [0.2, 0.25) is 5.91 Å². The van der Waals surface area contributed by atoms with E-state index in [0.717, 1.165) is 30.8 Å². The molecular weight excluding hydrogens is 200 g/mol. The number of carbonyl (C=O) groups excluding carboxylic acids is 1. The summed E-state index contributed by atoms with van der Waals surface area (Å²) < 4.78 is 1.78. The second kappa shape index (κ2) is 4.81. The van der Waals surface area contributed by atoms with Crippen LogP contribution in [-0.4, -0.2) is 15.5 Å². The van der Waals surface area contributed by atoms with Crippen LogP contribution in [0.2, 0.25) is 0 Å². The minimum absolute atomic E-state index is 0.229. The molecule has 3 nitrogen and oxygen atoms in total. The topological polar surface area (TPSA) is 34.9 Å². The Morgan fingerprint density at radius 1 is 1.44 bits per heavy atom. The van der Waals surface area contributed by atoms with Crippen LogP contribution in [0.1, 0.15) is 55.3 Å². The van der Waals surface area contributed by atoms with Crippen molar-refractivity contribution in [1.82, 2.24) is 9.55 Å². The highest BCUT2D eigenvalue weighted by Crippen LogP contribution is 2.25. The quantitative estimate of drug-likeness (QED) is 0.768. The molecule has 0 unspecified atom stereocenters. The molecule has 0 aromatic carbocycles. The average Bonchev–Trinajstić information content (AvgIpc) is 2.70. The predicted molar refractivity (Wildman–Crippen MR) is 63.5 cm³/mol. The first kappa shape index (κ1) is 11.4. The standard InChI is InChI=1S/C13H20N2O/c1-3-12-14-10(2)9-15(12)13(16)11-7-5-4-6-8-11/h9,11H,3-8H2,1-2H3. The van der Waals surface area contributed by atoms with Crippen molar-refractivity contribution in [3.63, 3.8) is 0 Å². The van der Waals surface area contributed by atoms with Gasteiger partial charge < -0.3 is 0 Å². The van der Waals surface area contributed by atoms with Crippen molar-refractivity contribution in [3.05, 3.63) is 17.7 Å². The van der Waals surface area contributed by atoms with Gasteiger partial charge in [-0.25, -0.2) is 4.98 Å². The van der Waals surface area contributed by atoms with E-state index in [2.05, 4.69) is 4.98 Å². The van der Waals surface area contributed by atoms with Crippen LogP contribution >= 0.6 is 0 Å². The van der Waals surface area contributed by atoms with Gasteiger partial charge in [-0.05, 0) is 19.8 Å². The summed E-state index contributed by atoms with van der Waals surface area (Å²) in [6.07, 6.45) is 8.50. The summed E-state index contributed by atoms with van der Waals surface area (Å²) in [6.45, 7) is 4.00. The molecule has 88 valence electrons. The minimum Gasteiger partial charge on any atom is -0.274 e. The van der Waals surface area contributed by atoms with E-state index in [9.17, 15) is 4.79 Å². The minimum atomic E-state index is 0.229. The zero-order valence-electron chi connectivity index (χ0n) is 10.2. The first-order chi connectivity index (χ1) is 7.72. The van der Waals surface area contributed by atoms with E-state index < -0.39 is 0 Å². The van der Waals surface area contributed by atoms with Gasteiger partial charge in [-0.2, -0.15) is 0 Å². The Morgan fingerprint density at radius 2 is 2.12 bits per heavy atom. The number of imidazole rings is 1. The van der Waals surface area contributed by atoms with Crippen molar-refractivity contribution >= 4 is 5.91 Å². The summed E-state index contributed by atoms with van der Waals surface area (Å²) in [4.78, 5) is 16.7. The van der Waals surface area contributed by atoms with Crippen molar-refractivity contribution in [2.45, 2.75) is 52.4 Å². The van der Waals surface area contributed by atoms with E-state index in [-0.39, 0.29) is 11.8 Å². The van der Waals surface area contributed by atoms with Crippen molar-refractivity contribution in [2.75, 3.05) is 0 Å². The van der Waals surface area contributed by atoms with Crippen molar-refractivity contribution in [3.8, 4) is 0 Å². The molecule has 0 spiro atoms. The largest absolute Gasteiger partial charge is 0.274 e. The van der Waals surface area contributed by atoms with Gasteiger partial charge in [-0.15, -0.1) is 0 Å². The molecular formula is C13H20N2O. The van der Waals surface area contributed by atoms with E-state index in [1.807, 2.05) is 20.0 Å². The highest BCUT2D eigenvalue weighted by Gasteiger charge is 2.24. The van der Waals surface area contributed by atoms with Crippen LogP contribution < -0.4 is 0 Å². The molecule has 16 heavy (non-hydrogen) atoms. The molecule has 1 saturated carbocycles. The van der Waals surface area contributed by atoms with Crippen LogP contribution in [0.5, 0.6) is 0 Å². The lowest BCUT2D eigenvalue weighted by molar-refractivity contribution is 0.0798. The summed E-state index contributed by atoms with van der Waals surface area (Å²) in [5, 5.41) is 0. The summed E-state index contributed by atoms with van der Waals surface area (Å²) in [7, 11) is 0. The van der Waals surface area contributed by atoms with Gasteiger partial charge in [0.15, 0.2) is 0 Å². The lowest BCUT2D eigenvalue weighted by atomic mass is 9.88. The van der Waals surface area contributed by atoms with Gasteiger partial charge in [-0.3, -0.25) is 9.36 Å². The number of aryl methyl sites for hydroxylation is 2. The Labute approximate surface area is 96.9 Å². The highest BCUT2D eigenvalue weighted by molar-refractivity contribution is 5.82. The average molecular weight is 220 g/mol. The Kier molecular flexibility index (Phi) is 3.42. The SMILES string of the molecule is CCc1nc(C)cn1C(=O)C1CCCCC1. The summed E-state index contributed by atoms with van der Waals surface area (Å²) in [5.74, 6) is 1.40. The van der Waals surface area contributed by atoms with Gasteiger partial charge in [0.05, 0.1) is 5.69 Å². The fourth-order valence-electron chi connectivity index (χ4n) is 2.53. The number of carbonyl (C=O) groups is 1. The molecule has 3 heteroatoms. The fourth-order valence-corrected chi connectivity index (χ4v) is 2.53. The monoisotopic (exact) mass is 220 g/mol. The van der Waals surface area contributed by atoms with Gasteiger partial charge in [-0.1, -0.05) is 26.2 Å². The molecule has 1 aliphatic carbocycles. The normalized spacial score (nSPS) is 17.6. The van der Waals surface area contributed by atoms with Crippen molar-refractivity contribution < 1.29 is 4.79 Å². The van der Waals surface area contributed by atoms with Crippen LogP contribution in [-0.2, 0) is 6.42 Å². The molecule has 2 rings (SSSR count). The number of hydrogen-bond donors (Lipinski definition) is 0. The van der Waals surface area contributed by atoms with E-state index in [1.54, 1.807) is 4.57 Å². The maximum Gasteiger partial charge on any atom is 0.235 e. The molecule has 1 fully saturated rings. The van der Waals surface area contributed by atoms with Crippen molar-refractivity contribution in [1.29, 1.82) is 0 Å². The lowest BCUT2D eigenvalue weighted by Gasteiger charge is -2.20. The van der Waals surface area contributed by atoms with Crippen LogP contribution in [0.15, 0.2) is 6.20 Å². The summed E-state index contributed by atoms with van der Waals surface area (Å²) >= 11 is 0. The van der Waals surface area contributed by atoms with Crippen LogP contribution in [0, 0.1) is 12.8 Å². The molecule has 1 aliphatic rings. The third-order valence-corrected chi connectivity index (χ3v) is 3.41. The number of nitrogens with zero attached hydrogens (tertiary/aromatic N) is 2. The summed E-state index contributed by atoms with van der Waals surface area (Å²) in [6, 6.07) is 0. The highest BCUT2D eigenvalue weighted by atomic mass is 16.2. The predicted octanol–water partition coefficient (Wildman–Crippen LogP) is 2.97. The van der Waals surface area contributed by atoms with Gasteiger partial charge in [0.25, 0.3) is 0 Å². The first-order valence-electron chi connectivity index (χ1n) is 6.31. The first-order valence-corrected chi connectivity index (χ1v) is 6.31. The lowest BCUT2D eigenvalue weighted by Crippen LogP contribution is -2.24. The molecule has 0 aliphatic heterocycles. The Hall–Kier alpha value is -1.12. The van der Waals surface area contributed by atoms with E-state index in [4.69, 9.17) is 0 Å². The van der Waals surface area contributed by atoms with E-state index >= 15 is 0 Å². The second-order valence-corrected chi connectivity index (χ2v) is 4.70.